The van der Waals surface area contributed by atoms with Gasteiger partial charge in [-0.2, -0.15) is 0 Å². The predicted octanol–water partition coefficient (Wildman–Crippen LogP) is 4.58. The van der Waals surface area contributed by atoms with Crippen LogP contribution in [0, 0.1) is 33.1 Å². The smallest absolute Gasteiger partial charge is 0.322 e. The molecule has 0 N–H and O–H groups in total. The van der Waals surface area contributed by atoms with Gasteiger partial charge in [0.2, 0.25) is 5.82 Å². The molecule has 5 rings (SSSR count). The maximum Gasteiger partial charge on any atom is 0.322 e. The summed E-state index contributed by atoms with van der Waals surface area (Å²) in [5, 5.41) is 0.969. The van der Waals surface area contributed by atoms with E-state index < -0.39 is 0 Å². The Labute approximate surface area is 196 Å². The van der Waals surface area contributed by atoms with Crippen LogP contribution in [0.25, 0.3) is 33.4 Å². The summed E-state index contributed by atoms with van der Waals surface area (Å²) < 4.78 is 7.88. The average molecular weight is 448 g/mol. The van der Waals surface area contributed by atoms with Crippen LogP contribution < -0.4 is 4.74 Å². The molecular formula is C26H21N7O. The molecule has 5 aromatic rings. The van der Waals surface area contributed by atoms with Gasteiger partial charge in [0.1, 0.15) is 17.7 Å². The van der Waals surface area contributed by atoms with Crippen LogP contribution in [0.1, 0.15) is 22.9 Å². The summed E-state index contributed by atoms with van der Waals surface area (Å²) in [4.78, 5) is 26.3. The van der Waals surface area contributed by atoms with E-state index in [1.54, 1.807) is 18.7 Å². The van der Waals surface area contributed by atoms with Crippen LogP contribution in [0.4, 0.5) is 0 Å². The van der Waals surface area contributed by atoms with Crippen LogP contribution in [0.5, 0.6) is 11.8 Å². The standard InChI is InChI=1S/C26H21N7O/c1-6-21-28-13-20(16(3)32-21)24-23(22-17(4)29-14-30-25(22)33(24)5)18-7-9-19(10-8-18)34-26-27-12-11-15(2)31-26/h1,7-14H,2-5H3. The highest BCUT2D eigenvalue weighted by atomic mass is 16.5. The maximum absolute atomic E-state index is 5.84. The lowest BCUT2D eigenvalue weighted by molar-refractivity contribution is 0.440. The van der Waals surface area contributed by atoms with E-state index in [0.29, 0.717) is 17.6 Å². The fourth-order valence-electron chi connectivity index (χ4n) is 4.04. The van der Waals surface area contributed by atoms with Crippen molar-refractivity contribution in [3.8, 4) is 46.5 Å². The molecule has 8 nitrogen and oxygen atoms in total. The maximum atomic E-state index is 5.84. The number of terminal acetylenes is 1. The fourth-order valence-corrected chi connectivity index (χ4v) is 4.04. The molecule has 4 heterocycles. The largest absolute Gasteiger partial charge is 0.424 e. The van der Waals surface area contributed by atoms with E-state index in [-0.39, 0.29) is 0 Å². The van der Waals surface area contributed by atoms with Gasteiger partial charge in [0.25, 0.3) is 0 Å². The SMILES string of the molecule is C#Cc1ncc(-c2c(-c3ccc(Oc4nccc(C)n4)cc3)c3c(C)ncnc3n2C)c(C)n1. The highest BCUT2D eigenvalue weighted by Crippen LogP contribution is 2.41. The third kappa shape index (κ3) is 3.63. The van der Waals surface area contributed by atoms with Crippen LogP contribution in [0.2, 0.25) is 0 Å². The van der Waals surface area contributed by atoms with Gasteiger partial charge in [-0.3, -0.25) is 0 Å². The number of nitrogens with zero attached hydrogens (tertiary/aromatic N) is 7. The van der Waals surface area contributed by atoms with Crippen molar-refractivity contribution in [2.45, 2.75) is 20.8 Å². The van der Waals surface area contributed by atoms with Gasteiger partial charge in [-0.05, 0) is 50.5 Å². The fraction of sp³-hybridized carbons (Fsp3) is 0.154. The molecule has 0 spiro atoms. The molecular weight excluding hydrogens is 426 g/mol. The minimum atomic E-state index is 0.309. The predicted molar refractivity (Wildman–Crippen MR) is 129 cm³/mol. The zero-order chi connectivity index (χ0) is 23.8. The highest BCUT2D eigenvalue weighted by molar-refractivity contribution is 6.04. The minimum absolute atomic E-state index is 0.309. The number of hydrogen-bond donors (Lipinski definition) is 0. The second-order valence-electron chi connectivity index (χ2n) is 7.88. The zero-order valence-corrected chi connectivity index (χ0v) is 19.2. The van der Waals surface area contributed by atoms with Gasteiger partial charge in [0.05, 0.1) is 17.1 Å². The van der Waals surface area contributed by atoms with Gasteiger partial charge in [0.15, 0.2) is 0 Å². The summed E-state index contributed by atoms with van der Waals surface area (Å²) in [6.07, 6.45) is 10.5. The van der Waals surface area contributed by atoms with Crippen LogP contribution in [-0.4, -0.2) is 34.5 Å². The quantitative estimate of drug-likeness (QED) is 0.372. The Hall–Kier alpha value is -4.64. The molecule has 1 aromatic carbocycles. The first-order valence-electron chi connectivity index (χ1n) is 10.6. The molecule has 0 atom stereocenters. The van der Waals surface area contributed by atoms with Gasteiger partial charge in [-0.15, -0.1) is 6.42 Å². The molecule has 0 fully saturated rings. The molecule has 0 unspecified atom stereocenters. The Balaban J connectivity index is 1.67. The van der Waals surface area contributed by atoms with E-state index in [0.717, 1.165) is 50.5 Å². The van der Waals surface area contributed by atoms with Crippen LogP contribution in [0.15, 0.2) is 49.1 Å². The number of rotatable bonds is 4. The van der Waals surface area contributed by atoms with Crippen molar-refractivity contribution < 1.29 is 4.74 Å². The summed E-state index contributed by atoms with van der Waals surface area (Å²) >= 11 is 0. The number of ether oxygens (including phenoxy) is 1. The third-order valence-electron chi connectivity index (χ3n) is 5.65. The Kier molecular flexibility index (Phi) is 5.22. The third-order valence-corrected chi connectivity index (χ3v) is 5.65. The molecule has 0 amide bonds. The number of aryl methyl sites for hydroxylation is 4. The minimum Gasteiger partial charge on any atom is -0.424 e. The first-order chi connectivity index (χ1) is 16.5. The molecule has 0 aliphatic heterocycles. The second kappa shape index (κ2) is 8.37. The van der Waals surface area contributed by atoms with Crippen molar-refractivity contribution in [3.63, 3.8) is 0 Å². The van der Waals surface area contributed by atoms with Crippen LogP contribution >= 0.6 is 0 Å². The second-order valence-corrected chi connectivity index (χ2v) is 7.88. The molecule has 0 radical (unpaired) electrons. The van der Waals surface area contributed by atoms with E-state index in [9.17, 15) is 0 Å². The lowest BCUT2D eigenvalue weighted by Gasteiger charge is -2.11. The monoisotopic (exact) mass is 447 g/mol. The Morgan fingerprint density at radius 3 is 2.41 bits per heavy atom. The number of aromatic nitrogens is 7. The van der Waals surface area contributed by atoms with E-state index in [2.05, 4.69) is 35.8 Å². The van der Waals surface area contributed by atoms with Crippen molar-refractivity contribution >= 4 is 11.0 Å². The molecule has 0 bridgehead atoms. The Bertz CT molecular complexity index is 1580. The molecule has 166 valence electrons. The first-order valence-corrected chi connectivity index (χ1v) is 10.6. The van der Waals surface area contributed by atoms with Crippen LogP contribution in [-0.2, 0) is 7.05 Å². The number of benzene rings is 1. The van der Waals surface area contributed by atoms with Gasteiger partial charge < -0.3 is 9.30 Å². The zero-order valence-electron chi connectivity index (χ0n) is 19.2. The Morgan fingerprint density at radius 1 is 0.912 bits per heavy atom. The summed E-state index contributed by atoms with van der Waals surface area (Å²) in [6, 6.07) is 9.93. The molecule has 0 aliphatic rings. The molecule has 8 heteroatoms. The van der Waals surface area contributed by atoms with Gasteiger partial charge in [-0.25, -0.2) is 29.9 Å². The lowest BCUT2D eigenvalue weighted by Crippen LogP contribution is -2.00. The van der Waals surface area contributed by atoms with E-state index in [4.69, 9.17) is 11.2 Å². The van der Waals surface area contributed by atoms with Crippen molar-refractivity contribution in [3.05, 3.63) is 72.0 Å². The molecule has 34 heavy (non-hydrogen) atoms. The number of fused-ring (bicyclic) bond motifs is 1. The van der Waals surface area contributed by atoms with Crippen molar-refractivity contribution in [2.75, 3.05) is 0 Å². The van der Waals surface area contributed by atoms with Crippen molar-refractivity contribution in [1.82, 2.24) is 34.5 Å². The summed E-state index contributed by atoms with van der Waals surface area (Å²) in [5.41, 5.74) is 7.13. The van der Waals surface area contributed by atoms with Gasteiger partial charge in [0, 0.05) is 41.6 Å². The van der Waals surface area contributed by atoms with E-state index in [1.807, 2.05) is 62.7 Å². The molecule has 0 saturated heterocycles. The molecule has 0 aliphatic carbocycles. The topological polar surface area (TPSA) is 91.5 Å². The summed E-state index contributed by atoms with van der Waals surface area (Å²) in [5.74, 6) is 3.50. The highest BCUT2D eigenvalue weighted by Gasteiger charge is 2.23. The van der Waals surface area contributed by atoms with E-state index in [1.165, 1.54) is 0 Å². The first kappa shape index (κ1) is 21.2. The van der Waals surface area contributed by atoms with Gasteiger partial charge >= 0.3 is 6.01 Å². The van der Waals surface area contributed by atoms with Crippen LogP contribution in [0.3, 0.4) is 0 Å². The van der Waals surface area contributed by atoms with Crippen molar-refractivity contribution in [2.24, 2.45) is 7.05 Å². The summed E-state index contributed by atoms with van der Waals surface area (Å²) in [6.45, 7) is 5.80. The lowest BCUT2D eigenvalue weighted by atomic mass is 9.98. The summed E-state index contributed by atoms with van der Waals surface area (Å²) in [7, 11) is 1.98. The molecule has 0 saturated carbocycles. The number of hydrogen-bond acceptors (Lipinski definition) is 7. The van der Waals surface area contributed by atoms with Gasteiger partial charge in [-0.1, -0.05) is 12.1 Å². The average Bonchev–Trinajstić information content (AvgIpc) is 3.13. The molecule has 4 aromatic heterocycles. The Morgan fingerprint density at radius 2 is 1.71 bits per heavy atom. The normalized spacial score (nSPS) is 10.9. The van der Waals surface area contributed by atoms with E-state index >= 15 is 0 Å². The van der Waals surface area contributed by atoms with Crippen molar-refractivity contribution in [1.29, 1.82) is 0 Å².